The van der Waals surface area contributed by atoms with E-state index in [2.05, 4.69) is 5.32 Å². The second-order valence-electron chi connectivity index (χ2n) is 5.99. The predicted octanol–water partition coefficient (Wildman–Crippen LogP) is 4.14. The molecule has 1 N–H and O–H groups in total. The minimum Gasteiger partial charge on any atom is -0.321 e. The lowest BCUT2D eigenvalue weighted by atomic mass is 10.2. The normalized spacial score (nSPS) is 15.9. The van der Waals surface area contributed by atoms with E-state index in [0.29, 0.717) is 23.8 Å². The Morgan fingerprint density at radius 3 is 2.60 bits per heavy atom. The zero-order valence-electron chi connectivity index (χ0n) is 13.8. The Hall–Kier alpha value is -1.41. The third kappa shape index (κ3) is 3.89. The van der Waals surface area contributed by atoms with Crippen molar-refractivity contribution in [3.05, 3.63) is 45.1 Å². The van der Waals surface area contributed by atoms with Crippen molar-refractivity contribution in [3.63, 3.8) is 0 Å². The molecular formula is C17H19ClN2O3S2. The Bertz CT molecular complexity index is 887. The molecule has 1 saturated heterocycles. The van der Waals surface area contributed by atoms with Gasteiger partial charge in [-0.15, -0.1) is 11.3 Å². The average Bonchev–Trinajstić information content (AvgIpc) is 3.09. The molecule has 3 rings (SSSR count). The van der Waals surface area contributed by atoms with E-state index in [1.54, 1.807) is 23.6 Å². The Labute approximate surface area is 156 Å². The quantitative estimate of drug-likeness (QED) is 0.841. The monoisotopic (exact) mass is 398 g/mol. The molecule has 1 aromatic heterocycles. The molecule has 134 valence electrons. The summed E-state index contributed by atoms with van der Waals surface area (Å²) in [6.07, 6.45) is 2.75. The first kappa shape index (κ1) is 18.4. The molecule has 0 unspecified atom stereocenters. The third-order valence-corrected chi connectivity index (χ3v) is 7.42. The second-order valence-corrected chi connectivity index (χ2v) is 9.25. The molecule has 0 bridgehead atoms. The van der Waals surface area contributed by atoms with E-state index in [0.717, 1.165) is 36.2 Å². The Kier molecular flexibility index (Phi) is 5.48. The summed E-state index contributed by atoms with van der Waals surface area (Å²) in [7, 11) is -3.64. The van der Waals surface area contributed by atoms with Crippen LogP contribution in [-0.4, -0.2) is 31.7 Å². The molecule has 1 aliphatic rings. The van der Waals surface area contributed by atoms with E-state index in [9.17, 15) is 13.2 Å². The predicted molar refractivity (Wildman–Crippen MR) is 101 cm³/mol. The minimum atomic E-state index is -3.64. The number of aryl methyl sites for hydroxylation is 1. The van der Waals surface area contributed by atoms with Gasteiger partial charge in [-0.1, -0.05) is 18.0 Å². The maximum atomic E-state index is 12.9. The van der Waals surface area contributed by atoms with Gasteiger partial charge in [-0.3, -0.25) is 4.79 Å². The van der Waals surface area contributed by atoms with E-state index in [4.69, 9.17) is 11.6 Å². The lowest BCUT2D eigenvalue weighted by molar-refractivity contribution is 0.102. The number of anilines is 1. The maximum absolute atomic E-state index is 12.9. The molecule has 25 heavy (non-hydrogen) atoms. The van der Waals surface area contributed by atoms with E-state index in [1.165, 1.54) is 10.4 Å². The molecule has 1 fully saturated rings. The van der Waals surface area contributed by atoms with Gasteiger partial charge in [0.2, 0.25) is 10.0 Å². The molecule has 0 saturated carbocycles. The number of carbonyl (C=O) groups excluding carboxylic acids is 1. The summed E-state index contributed by atoms with van der Waals surface area (Å²) >= 11 is 7.06. The summed E-state index contributed by atoms with van der Waals surface area (Å²) in [5, 5.41) is 5.01. The zero-order valence-corrected chi connectivity index (χ0v) is 16.2. The number of sulfonamides is 1. The second kappa shape index (κ2) is 7.45. The number of carbonyl (C=O) groups is 1. The highest BCUT2D eigenvalue weighted by Crippen LogP contribution is 2.29. The molecule has 0 spiro atoms. The number of thiophene rings is 1. The van der Waals surface area contributed by atoms with E-state index < -0.39 is 15.9 Å². The van der Waals surface area contributed by atoms with Gasteiger partial charge in [0, 0.05) is 23.8 Å². The highest BCUT2D eigenvalue weighted by molar-refractivity contribution is 7.89. The van der Waals surface area contributed by atoms with Crippen molar-refractivity contribution in [1.29, 1.82) is 0 Å². The van der Waals surface area contributed by atoms with Gasteiger partial charge in [0.05, 0.1) is 0 Å². The summed E-state index contributed by atoms with van der Waals surface area (Å²) < 4.78 is 27.2. The van der Waals surface area contributed by atoms with Crippen LogP contribution in [0.1, 0.15) is 34.5 Å². The molecular weight excluding hydrogens is 380 g/mol. The van der Waals surface area contributed by atoms with Crippen LogP contribution in [0, 0.1) is 6.92 Å². The van der Waals surface area contributed by atoms with E-state index in [1.807, 2.05) is 6.92 Å². The van der Waals surface area contributed by atoms with Crippen LogP contribution in [0.15, 0.2) is 34.5 Å². The highest BCUT2D eigenvalue weighted by atomic mass is 35.5. The molecule has 0 atom stereocenters. The smallest absolute Gasteiger partial charge is 0.267 e. The first-order valence-electron chi connectivity index (χ1n) is 8.05. The molecule has 8 heteroatoms. The van der Waals surface area contributed by atoms with Gasteiger partial charge in [-0.2, -0.15) is 4.31 Å². The highest BCUT2D eigenvalue weighted by Gasteiger charge is 2.31. The van der Waals surface area contributed by atoms with Crippen LogP contribution in [0.2, 0.25) is 5.02 Å². The number of nitrogens with zero attached hydrogens (tertiary/aromatic N) is 1. The van der Waals surface area contributed by atoms with Gasteiger partial charge in [0.15, 0.2) is 0 Å². The molecule has 0 radical (unpaired) electrons. The van der Waals surface area contributed by atoms with Crippen LogP contribution in [0.5, 0.6) is 0 Å². The fourth-order valence-electron chi connectivity index (χ4n) is 2.86. The molecule has 5 nitrogen and oxygen atoms in total. The van der Waals surface area contributed by atoms with Gasteiger partial charge < -0.3 is 5.32 Å². The van der Waals surface area contributed by atoms with Crippen molar-refractivity contribution in [2.45, 2.75) is 31.1 Å². The minimum absolute atomic E-state index is 0.0866. The molecule has 2 heterocycles. The van der Waals surface area contributed by atoms with Gasteiger partial charge in [0.1, 0.15) is 9.77 Å². The summed E-state index contributed by atoms with van der Waals surface area (Å²) in [6, 6.07) is 6.65. The number of hydrogen-bond donors (Lipinski definition) is 1. The summed E-state index contributed by atoms with van der Waals surface area (Å²) in [5.41, 5.74) is 1.43. The van der Waals surface area contributed by atoms with E-state index in [-0.39, 0.29) is 9.77 Å². The summed E-state index contributed by atoms with van der Waals surface area (Å²) in [4.78, 5) is 12.9. The Morgan fingerprint density at radius 2 is 1.92 bits per heavy atom. The van der Waals surface area contributed by atoms with Crippen LogP contribution in [0.4, 0.5) is 5.69 Å². The molecule has 1 amide bonds. The molecule has 0 aliphatic carbocycles. The van der Waals surface area contributed by atoms with Crippen molar-refractivity contribution in [1.82, 2.24) is 4.31 Å². The summed E-state index contributed by atoms with van der Waals surface area (Å²) in [6.45, 7) is 2.85. The fraction of sp³-hybridized carbons (Fsp3) is 0.353. The summed E-state index contributed by atoms with van der Waals surface area (Å²) in [5.74, 6) is -0.420. The molecule has 2 aromatic rings. The Balaban J connectivity index is 1.86. The van der Waals surface area contributed by atoms with Crippen LogP contribution in [0.25, 0.3) is 0 Å². The molecule has 1 aliphatic heterocycles. The number of hydrogen-bond acceptors (Lipinski definition) is 4. The van der Waals surface area contributed by atoms with Crippen molar-refractivity contribution in [2.24, 2.45) is 0 Å². The lowest BCUT2D eigenvalue weighted by Gasteiger charge is -2.25. The number of halogens is 1. The van der Waals surface area contributed by atoms with Gasteiger partial charge in [0.25, 0.3) is 5.91 Å². The number of nitrogens with one attached hydrogen (secondary N) is 1. The zero-order chi connectivity index (χ0) is 18.0. The first-order chi connectivity index (χ1) is 11.9. The first-order valence-corrected chi connectivity index (χ1v) is 10.7. The Morgan fingerprint density at radius 1 is 1.20 bits per heavy atom. The van der Waals surface area contributed by atoms with Crippen molar-refractivity contribution < 1.29 is 13.2 Å². The third-order valence-electron chi connectivity index (χ3n) is 4.20. The standard InChI is InChI=1S/C17H19ClN2O3S2/c1-12-11-13(18)5-6-14(12)19-17(21)16-15(7-10-24-16)25(22,23)20-8-3-2-4-9-20/h5-7,10-11H,2-4,8-9H2,1H3,(H,19,21). The molecule has 1 aromatic carbocycles. The van der Waals surface area contributed by atoms with Gasteiger partial charge in [-0.05, 0) is 55.0 Å². The number of piperidine rings is 1. The van der Waals surface area contributed by atoms with Crippen molar-refractivity contribution in [2.75, 3.05) is 18.4 Å². The number of benzene rings is 1. The van der Waals surface area contributed by atoms with Crippen molar-refractivity contribution >= 4 is 44.6 Å². The average molecular weight is 399 g/mol. The van der Waals surface area contributed by atoms with E-state index >= 15 is 0 Å². The van der Waals surface area contributed by atoms with Crippen LogP contribution >= 0.6 is 22.9 Å². The van der Waals surface area contributed by atoms with Gasteiger partial charge in [-0.25, -0.2) is 8.42 Å². The fourth-order valence-corrected chi connectivity index (χ4v) is 5.90. The van der Waals surface area contributed by atoms with Crippen LogP contribution in [-0.2, 0) is 10.0 Å². The van der Waals surface area contributed by atoms with Crippen LogP contribution < -0.4 is 5.32 Å². The topological polar surface area (TPSA) is 66.5 Å². The SMILES string of the molecule is Cc1cc(Cl)ccc1NC(=O)c1sccc1S(=O)(=O)N1CCCCC1. The van der Waals surface area contributed by atoms with Gasteiger partial charge >= 0.3 is 0 Å². The van der Waals surface area contributed by atoms with Crippen molar-refractivity contribution in [3.8, 4) is 0 Å². The lowest BCUT2D eigenvalue weighted by Crippen LogP contribution is -2.36. The number of amides is 1. The number of rotatable bonds is 4. The maximum Gasteiger partial charge on any atom is 0.267 e. The largest absolute Gasteiger partial charge is 0.321 e. The van der Waals surface area contributed by atoms with Crippen LogP contribution in [0.3, 0.4) is 0 Å².